The van der Waals surface area contributed by atoms with Crippen LogP contribution in [0.4, 0.5) is 0 Å². The maximum Gasteiger partial charge on any atom is 0.116 e. The molecule has 0 aliphatic carbocycles. The Bertz CT molecular complexity index is 226. The van der Waals surface area contributed by atoms with E-state index in [-0.39, 0.29) is 24.4 Å². The SMILES string of the molecule is CC(C)CC(O)(CO)C(O)(CC(C)C)CC(C)C. The monoisotopic (exact) mass is 260 g/mol. The van der Waals surface area contributed by atoms with Gasteiger partial charge < -0.3 is 15.3 Å². The van der Waals surface area contributed by atoms with E-state index in [4.69, 9.17) is 0 Å². The Hall–Kier alpha value is -0.120. The molecule has 0 spiro atoms. The van der Waals surface area contributed by atoms with E-state index in [2.05, 4.69) is 0 Å². The molecule has 0 bridgehead atoms. The Labute approximate surface area is 112 Å². The first kappa shape index (κ1) is 17.9. The van der Waals surface area contributed by atoms with Crippen LogP contribution in [0.15, 0.2) is 0 Å². The van der Waals surface area contributed by atoms with Gasteiger partial charge in [0.15, 0.2) is 0 Å². The lowest BCUT2D eigenvalue weighted by molar-refractivity contribution is -0.195. The summed E-state index contributed by atoms with van der Waals surface area (Å²) in [5.74, 6) is 0.783. The molecule has 0 rings (SSSR count). The molecule has 0 aliphatic heterocycles. The summed E-state index contributed by atoms with van der Waals surface area (Å²) in [6.07, 6.45) is 1.43. The van der Waals surface area contributed by atoms with Gasteiger partial charge in [-0.15, -0.1) is 0 Å². The minimum absolute atomic E-state index is 0.230. The van der Waals surface area contributed by atoms with Crippen molar-refractivity contribution in [3.8, 4) is 0 Å². The highest BCUT2D eigenvalue weighted by molar-refractivity contribution is 5.01. The number of hydrogen-bond acceptors (Lipinski definition) is 3. The molecule has 0 aliphatic rings. The summed E-state index contributed by atoms with van der Waals surface area (Å²) in [6.45, 7) is 11.7. The van der Waals surface area contributed by atoms with Crippen molar-refractivity contribution in [1.82, 2.24) is 0 Å². The zero-order valence-electron chi connectivity index (χ0n) is 12.9. The average Bonchev–Trinajstić information content (AvgIpc) is 2.13. The van der Waals surface area contributed by atoms with Gasteiger partial charge in [-0.3, -0.25) is 0 Å². The Morgan fingerprint density at radius 1 is 0.667 bits per heavy atom. The predicted molar refractivity (Wildman–Crippen MR) is 75.4 cm³/mol. The molecule has 0 radical (unpaired) electrons. The fraction of sp³-hybridized carbons (Fsp3) is 1.00. The molecule has 0 heterocycles. The first-order valence-electron chi connectivity index (χ1n) is 7.12. The van der Waals surface area contributed by atoms with E-state index < -0.39 is 11.2 Å². The summed E-state index contributed by atoms with van der Waals surface area (Å²) in [4.78, 5) is 0. The van der Waals surface area contributed by atoms with Crippen LogP contribution in [-0.4, -0.2) is 33.1 Å². The van der Waals surface area contributed by atoms with Crippen LogP contribution in [0.25, 0.3) is 0 Å². The summed E-state index contributed by atoms with van der Waals surface area (Å²) in [5, 5.41) is 31.2. The summed E-state index contributed by atoms with van der Waals surface area (Å²) in [7, 11) is 0. The molecule has 3 heteroatoms. The standard InChI is InChI=1S/C15H32O3/c1-11(2)7-14(17,8-12(3)4)15(18,10-16)9-13(5)6/h11-13,16-18H,7-10H2,1-6H3. The second-order valence-corrected chi connectivity index (χ2v) is 7.02. The Morgan fingerprint density at radius 2 is 0.944 bits per heavy atom. The molecule has 0 saturated carbocycles. The van der Waals surface area contributed by atoms with Crippen molar-refractivity contribution in [2.45, 2.75) is 72.0 Å². The van der Waals surface area contributed by atoms with Gasteiger partial charge in [0.2, 0.25) is 0 Å². The van der Waals surface area contributed by atoms with Crippen LogP contribution in [0.2, 0.25) is 0 Å². The van der Waals surface area contributed by atoms with Crippen LogP contribution in [0, 0.1) is 17.8 Å². The quantitative estimate of drug-likeness (QED) is 0.628. The normalized spacial score (nSPS) is 16.7. The van der Waals surface area contributed by atoms with Gasteiger partial charge in [-0.05, 0) is 37.0 Å². The van der Waals surface area contributed by atoms with Crippen molar-refractivity contribution >= 4 is 0 Å². The van der Waals surface area contributed by atoms with E-state index in [0.29, 0.717) is 19.3 Å². The fourth-order valence-corrected chi connectivity index (χ4v) is 2.89. The van der Waals surface area contributed by atoms with E-state index in [1.54, 1.807) is 0 Å². The van der Waals surface area contributed by atoms with Crippen molar-refractivity contribution in [1.29, 1.82) is 0 Å². The number of aliphatic hydroxyl groups is 3. The van der Waals surface area contributed by atoms with Gasteiger partial charge >= 0.3 is 0 Å². The van der Waals surface area contributed by atoms with Crippen LogP contribution in [0.1, 0.15) is 60.8 Å². The highest BCUT2D eigenvalue weighted by Crippen LogP contribution is 2.38. The molecule has 0 aromatic heterocycles. The van der Waals surface area contributed by atoms with Crippen molar-refractivity contribution in [2.24, 2.45) is 17.8 Å². The number of aliphatic hydroxyl groups excluding tert-OH is 1. The van der Waals surface area contributed by atoms with Gasteiger partial charge in [0.25, 0.3) is 0 Å². The summed E-state index contributed by atoms with van der Waals surface area (Å²) in [6, 6.07) is 0. The largest absolute Gasteiger partial charge is 0.393 e. The van der Waals surface area contributed by atoms with Crippen LogP contribution in [0.3, 0.4) is 0 Å². The Morgan fingerprint density at radius 3 is 1.17 bits per heavy atom. The first-order chi connectivity index (χ1) is 8.06. The minimum Gasteiger partial charge on any atom is -0.393 e. The maximum absolute atomic E-state index is 10.9. The van der Waals surface area contributed by atoms with E-state index in [0.717, 1.165) is 0 Å². The lowest BCUT2D eigenvalue weighted by atomic mass is 9.70. The van der Waals surface area contributed by atoms with Crippen LogP contribution >= 0.6 is 0 Å². The molecule has 0 aromatic rings. The van der Waals surface area contributed by atoms with Crippen LogP contribution in [0.5, 0.6) is 0 Å². The lowest BCUT2D eigenvalue weighted by Crippen LogP contribution is -2.58. The molecule has 110 valence electrons. The van der Waals surface area contributed by atoms with E-state index in [1.807, 2.05) is 41.5 Å². The van der Waals surface area contributed by atoms with Gasteiger partial charge in [-0.2, -0.15) is 0 Å². The molecule has 0 aromatic carbocycles. The van der Waals surface area contributed by atoms with E-state index in [1.165, 1.54) is 0 Å². The summed E-state index contributed by atoms with van der Waals surface area (Å²) < 4.78 is 0. The third-order valence-electron chi connectivity index (χ3n) is 3.37. The van der Waals surface area contributed by atoms with E-state index in [9.17, 15) is 15.3 Å². The topological polar surface area (TPSA) is 60.7 Å². The summed E-state index contributed by atoms with van der Waals surface area (Å²) >= 11 is 0. The second kappa shape index (κ2) is 6.88. The zero-order valence-corrected chi connectivity index (χ0v) is 12.9. The van der Waals surface area contributed by atoms with Gasteiger partial charge in [-0.1, -0.05) is 41.5 Å². The van der Waals surface area contributed by atoms with Crippen molar-refractivity contribution in [3.63, 3.8) is 0 Å². The summed E-state index contributed by atoms with van der Waals surface area (Å²) in [5.41, 5.74) is -2.62. The molecular weight excluding hydrogens is 228 g/mol. The fourth-order valence-electron chi connectivity index (χ4n) is 2.89. The van der Waals surface area contributed by atoms with Gasteiger partial charge in [0, 0.05) is 0 Å². The first-order valence-corrected chi connectivity index (χ1v) is 7.12. The van der Waals surface area contributed by atoms with Crippen molar-refractivity contribution in [2.75, 3.05) is 6.61 Å². The molecule has 3 nitrogen and oxygen atoms in total. The average molecular weight is 260 g/mol. The predicted octanol–water partition coefficient (Wildman–Crippen LogP) is 2.58. The highest BCUT2D eigenvalue weighted by Gasteiger charge is 2.49. The third kappa shape index (κ3) is 4.87. The maximum atomic E-state index is 10.9. The second-order valence-electron chi connectivity index (χ2n) is 7.02. The molecular formula is C15H32O3. The molecule has 0 fully saturated rings. The highest BCUT2D eigenvalue weighted by atomic mass is 16.4. The zero-order chi connectivity index (χ0) is 14.6. The smallest absolute Gasteiger partial charge is 0.116 e. The lowest BCUT2D eigenvalue weighted by Gasteiger charge is -2.45. The molecule has 3 N–H and O–H groups in total. The van der Waals surface area contributed by atoms with Gasteiger partial charge in [0.1, 0.15) is 5.60 Å². The van der Waals surface area contributed by atoms with Crippen LogP contribution < -0.4 is 0 Å². The molecule has 0 amide bonds. The van der Waals surface area contributed by atoms with Crippen molar-refractivity contribution in [3.05, 3.63) is 0 Å². The van der Waals surface area contributed by atoms with Crippen molar-refractivity contribution < 1.29 is 15.3 Å². The Kier molecular flexibility index (Phi) is 6.83. The van der Waals surface area contributed by atoms with Gasteiger partial charge in [0.05, 0.1) is 12.2 Å². The van der Waals surface area contributed by atoms with Crippen LogP contribution in [-0.2, 0) is 0 Å². The molecule has 1 unspecified atom stereocenters. The molecule has 0 saturated heterocycles. The number of rotatable bonds is 8. The minimum atomic E-state index is -1.41. The molecule has 1 atom stereocenters. The molecule has 18 heavy (non-hydrogen) atoms. The van der Waals surface area contributed by atoms with Gasteiger partial charge in [-0.25, -0.2) is 0 Å². The Balaban J connectivity index is 5.22. The van der Waals surface area contributed by atoms with E-state index >= 15 is 0 Å². The third-order valence-corrected chi connectivity index (χ3v) is 3.37. The number of hydrogen-bond donors (Lipinski definition) is 3.